The first-order chi connectivity index (χ1) is 14.3. The molecule has 1 heterocycles. The van der Waals surface area contributed by atoms with Gasteiger partial charge in [-0.15, -0.1) is 0 Å². The first kappa shape index (κ1) is 21.6. The lowest BCUT2D eigenvalue weighted by atomic mass is 10.0. The van der Waals surface area contributed by atoms with E-state index in [9.17, 15) is 14.4 Å². The van der Waals surface area contributed by atoms with Crippen molar-refractivity contribution in [3.05, 3.63) is 57.1 Å². The third kappa shape index (κ3) is 4.09. The van der Waals surface area contributed by atoms with Crippen molar-refractivity contribution >= 4 is 45.5 Å². The monoisotopic (exact) mass is 472 g/mol. The van der Waals surface area contributed by atoms with E-state index in [1.807, 2.05) is 26.8 Å². The number of ether oxygens (including phenoxy) is 2. The van der Waals surface area contributed by atoms with Crippen LogP contribution in [0.4, 0.5) is 10.5 Å². The van der Waals surface area contributed by atoms with Crippen molar-refractivity contribution in [3.8, 4) is 11.5 Å². The van der Waals surface area contributed by atoms with E-state index in [0.717, 1.165) is 16.0 Å². The highest BCUT2D eigenvalue weighted by molar-refractivity contribution is 9.10. The predicted octanol–water partition coefficient (Wildman–Crippen LogP) is 4.14. The van der Waals surface area contributed by atoms with Crippen molar-refractivity contribution in [1.29, 1.82) is 0 Å². The van der Waals surface area contributed by atoms with Gasteiger partial charge < -0.3 is 9.47 Å². The molecule has 0 atom stereocenters. The Balaban J connectivity index is 2.05. The number of rotatable bonds is 5. The number of nitrogens with one attached hydrogen (secondary N) is 1. The average Bonchev–Trinajstić information content (AvgIpc) is 2.68. The van der Waals surface area contributed by atoms with Crippen LogP contribution in [0.15, 0.2) is 40.4 Å². The molecule has 1 aliphatic heterocycles. The second kappa shape index (κ2) is 8.71. The van der Waals surface area contributed by atoms with E-state index in [0.29, 0.717) is 33.8 Å². The van der Waals surface area contributed by atoms with Gasteiger partial charge in [0.25, 0.3) is 11.8 Å². The molecule has 156 valence electrons. The number of benzene rings is 2. The first-order valence-electron chi connectivity index (χ1n) is 9.25. The number of urea groups is 1. The number of nitrogens with zero attached hydrogens (tertiary/aromatic N) is 1. The van der Waals surface area contributed by atoms with Crippen molar-refractivity contribution in [2.45, 2.75) is 20.8 Å². The van der Waals surface area contributed by atoms with Crippen LogP contribution in [0, 0.1) is 13.8 Å². The first-order valence-corrected chi connectivity index (χ1v) is 10.0. The second-order valence-electron chi connectivity index (χ2n) is 6.69. The van der Waals surface area contributed by atoms with E-state index in [-0.39, 0.29) is 5.57 Å². The molecule has 7 nitrogen and oxygen atoms in total. The molecule has 0 unspecified atom stereocenters. The molecule has 0 radical (unpaired) electrons. The van der Waals surface area contributed by atoms with Gasteiger partial charge in [-0.2, -0.15) is 0 Å². The Kier molecular flexibility index (Phi) is 6.26. The molecular formula is C22H21BrN2O5. The van der Waals surface area contributed by atoms with E-state index in [4.69, 9.17) is 9.47 Å². The van der Waals surface area contributed by atoms with E-state index in [1.165, 1.54) is 13.2 Å². The normalized spacial score (nSPS) is 15.4. The number of anilines is 1. The fourth-order valence-electron chi connectivity index (χ4n) is 3.06. The molecule has 2 aromatic rings. The number of barbiturate groups is 1. The Hall–Kier alpha value is -3.13. The summed E-state index contributed by atoms with van der Waals surface area (Å²) in [5.41, 5.74) is 2.73. The lowest BCUT2D eigenvalue weighted by Crippen LogP contribution is -2.54. The Labute approximate surface area is 182 Å². The highest BCUT2D eigenvalue weighted by Gasteiger charge is 2.37. The summed E-state index contributed by atoms with van der Waals surface area (Å²) in [5, 5.41) is 2.23. The van der Waals surface area contributed by atoms with Crippen LogP contribution in [-0.4, -0.2) is 31.6 Å². The number of aryl methyl sites for hydroxylation is 2. The summed E-state index contributed by atoms with van der Waals surface area (Å²) >= 11 is 3.41. The molecule has 3 rings (SSSR count). The van der Waals surface area contributed by atoms with E-state index in [1.54, 1.807) is 24.3 Å². The van der Waals surface area contributed by atoms with Crippen LogP contribution >= 0.6 is 15.9 Å². The number of carbonyl (C=O) groups excluding carboxylic acids is 3. The van der Waals surface area contributed by atoms with Gasteiger partial charge in [0.05, 0.1) is 23.9 Å². The molecule has 0 aromatic heterocycles. The molecule has 4 amide bonds. The third-order valence-electron chi connectivity index (χ3n) is 4.70. The van der Waals surface area contributed by atoms with Gasteiger partial charge in [-0.05, 0) is 83.7 Å². The number of halogens is 1. The van der Waals surface area contributed by atoms with Gasteiger partial charge in [-0.1, -0.05) is 6.07 Å². The van der Waals surface area contributed by atoms with Crippen molar-refractivity contribution < 1.29 is 23.9 Å². The van der Waals surface area contributed by atoms with E-state index in [2.05, 4.69) is 21.2 Å². The molecule has 0 spiro atoms. The maximum Gasteiger partial charge on any atom is 0.335 e. The number of imide groups is 2. The van der Waals surface area contributed by atoms with Gasteiger partial charge in [0.1, 0.15) is 5.57 Å². The maximum atomic E-state index is 13.1. The number of hydrogen-bond acceptors (Lipinski definition) is 5. The molecular weight excluding hydrogens is 452 g/mol. The minimum atomic E-state index is -0.781. The van der Waals surface area contributed by atoms with Crippen molar-refractivity contribution in [2.24, 2.45) is 0 Å². The van der Waals surface area contributed by atoms with Crippen LogP contribution in [0.5, 0.6) is 11.5 Å². The van der Waals surface area contributed by atoms with Gasteiger partial charge in [-0.25, -0.2) is 9.69 Å². The van der Waals surface area contributed by atoms with Crippen LogP contribution in [0.2, 0.25) is 0 Å². The molecule has 30 heavy (non-hydrogen) atoms. The average molecular weight is 473 g/mol. The maximum absolute atomic E-state index is 13.1. The van der Waals surface area contributed by atoms with Crippen LogP contribution in [0.1, 0.15) is 23.6 Å². The van der Waals surface area contributed by atoms with Gasteiger partial charge in [0.2, 0.25) is 0 Å². The summed E-state index contributed by atoms with van der Waals surface area (Å²) in [6.07, 6.45) is 1.42. The summed E-state index contributed by atoms with van der Waals surface area (Å²) in [4.78, 5) is 38.8. The molecule has 1 saturated heterocycles. The predicted molar refractivity (Wildman–Crippen MR) is 117 cm³/mol. The van der Waals surface area contributed by atoms with Crippen LogP contribution in [-0.2, 0) is 9.59 Å². The summed E-state index contributed by atoms with van der Waals surface area (Å²) in [6, 6.07) is 7.81. The number of carbonyl (C=O) groups is 3. The van der Waals surface area contributed by atoms with Crippen LogP contribution in [0.25, 0.3) is 6.08 Å². The van der Waals surface area contributed by atoms with Crippen LogP contribution in [0.3, 0.4) is 0 Å². The Bertz CT molecular complexity index is 1080. The molecule has 0 bridgehead atoms. The fraction of sp³-hybridized carbons (Fsp3) is 0.227. The largest absolute Gasteiger partial charge is 0.492 e. The minimum Gasteiger partial charge on any atom is -0.492 e. The zero-order chi connectivity index (χ0) is 22.0. The summed E-state index contributed by atoms with van der Waals surface area (Å²) in [6.45, 7) is 6.07. The topological polar surface area (TPSA) is 84.9 Å². The van der Waals surface area contributed by atoms with Crippen molar-refractivity contribution in [1.82, 2.24) is 5.32 Å². The molecule has 1 N–H and O–H groups in total. The number of amides is 4. The SMILES string of the molecule is CCOc1cc(/C=C2\C(=O)NC(=O)N(c3ccc(C)c(C)c3)C2=O)cc(Br)c1OC. The van der Waals surface area contributed by atoms with Gasteiger partial charge >= 0.3 is 6.03 Å². The molecule has 8 heteroatoms. The second-order valence-corrected chi connectivity index (χ2v) is 7.55. The molecule has 1 aliphatic rings. The fourth-order valence-corrected chi connectivity index (χ4v) is 3.68. The van der Waals surface area contributed by atoms with E-state index >= 15 is 0 Å². The quantitative estimate of drug-likeness (QED) is 0.521. The van der Waals surface area contributed by atoms with E-state index < -0.39 is 17.8 Å². The highest BCUT2D eigenvalue weighted by atomic mass is 79.9. The van der Waals surface area contributed by atoms with Gasteiger partial charge in [0.15, 0.2) is 11.5 Å². The Morgan fingerprint density at radius 3 is 2.47 bits per heavy atom. The Morgan fingerprint density at radius 1 is 1.10 bits per heavy atom. The zero-order valence-corrected chi connectivity index (χ0v) is 18.6. The van der Waals surface area contributed by atoms with Crippen molar-refractivity contribution in [2.75, 3.05) is 18.6 Å². The number of methoxy groups -OCH3 is 1. The molecule has 2 aromatic carbocycles. The van der Waals surface area contributed by atoms with Crippen molar-refractivity contribution in [3.63, 3.8) is 0 Å². The number of hydrogen-bond donors (Lipinski definition) is 1. The third-order valence-corrected chi connectivity index (χ3v) is 5.29. The summed E-state index contributed by atoms with van der Waals surface area (Å²) < 4.78 is 11.5. The lowest BCUT2D eigenvalue weighted by Gasteiger charge is -2.27. The van der Waals surface area contributed by atoms with Gasteiger partial charge in [-0.3, -0.25) is 14.9 Å². The van der Waals surface area contributed by atoms with Crippen LogP contribution < -0.4 is 19.7 Å². The molecule has 0 saturated carbocycles. The Morgan fingerprint density at radius 2 is 1.83 bits per heavy atom. The molecule has 1 fully saturated rings. The molecule has 0 aliphatic carbocycles. The highest BCUT2D eigenvalue weighted by Crippen LogP contribution is 2.37. The zero-order valence-electron chi connectivity index (χ0n) is 17.0. The lowest BCUT2D eigenvalue weighted by molar-refractivity contribution is -0.122. The van der Waals surface area contributed by atoms with Gasteiger partial charge in [0, 0.05) is 0 Å². The smallest absolute Gasteiger partial charge is 0.335 e. The standard InChI is InChI=1S/C22H21BrN2O5/c1-5-30-18-11-14(10-17(23)19(18)29-4)9-16-20(26)24-22(28)25(21(16)27)15-7-6-12(2)13(3)8-15/h6-11H,5H2,1-4H3,(H,24,26,28)/b16-9+. The summed E-state index contributed by atoms with van der Waals surface area (Å²) in [7, 11) is 1.52. The summed E-state index contributed by atoms with van der Waals surface area (Å²) in [5.74, 6) is -0.482. The minimum absolute atomic E-state index is 0.160.